The maximum Gasteiger partial charge on any atom is 0.127 e. The molecular weight excluding hydrogens is 404 g/mol. The third-order valence-corrected chi connectivity index (χ3v) is 8.02. The molecule has 0 spiro atoms. The molecule has 2 aliphatic carbocycles. The Morgan fingerprint density at radius 3 is 1.83 bits per heavy atom. The second kappa shape index (κ2) is 4.92. The molecule has 2 aliphatic rings. The van der Waals surface area contributed by atoms with Crippen molar-refractivity contribution >= 4 is 92.8 Å². The first-order valence-corrected chi connectivity index (χ1v) is 8.72. The Balaban J connectivity index is 2.66. The fraction of sp³-hybridized carbons (Fsp3) is 1.00. The minimum Gasteiger partial charge on any atom is -0.126 e. The van der Waals surface area contributed by atoms with Crippen LogP contribution in [-0.2, 0) is 0 Å². The van der Waals surface area contributed by atoms with Gasteiger partial charge >= 0.3 is 0 Å². The van der Waals surface area contributed by atoms with Crippen molar-refractivity contribution in [2.45, 2.75) is 26.3 Å². The van der Waals surface area contributed by atoms with Gasteiger partial charge in [-0.25, -0.2) is 0 Å². The van der Waals surface area contributed by atoms with Gasteiger partial charge in [0.1, 0.15) is 13.5 Å². The fourth-order valence-electron chi connectivity index (χ4n) is 3.58. The van der Waals surface area contributed by atoms with Crippen molar-refractivity contribution in [3.05, 3.63) is 0 Å². The number of rotatable bonds is 3. The number of fused-ring (bicyclic) bond motifs is 2. The van der Waals surface area contributed by atoms with Crippen molar-refractivity contribution in [2.24, 2.45) is 16.7 Å². The highest BCUT2D eigenvalue weighted by Crippen LogP contribution is 2.80. The van der Waals surface area contributed by atoms with E-state index in [2.05, 4.69) is 0 Å². The Hall–Kier alpha value is 2.32. The SMILES string of the molecule is ClCC1(CCl)[C@@H]2CC(Cl)(Cl)[C@@]1(C(Cl)Cl)CC2(Cl)Cl. The van der Waals surface area contributed by atoms with Gasteiger partial charge in [0, 0.05) is 28.5 Å². The molecule has 2 bridgehead atoms. The van der Waals surface area contributed by atoms with Gasteiger partial charge in [0.2, 0.25) is 0 Å². The van der Waals surface area contributed by atoms with Gasteiger partial charge in [0.05, 0.1) is 0 Å². The molecule has 0 radical (unpaired) electrons. The summed E-state index contributed by atoms with van der Waals surface area (Å²) in [5, 5.41) is 0. The predicted molar refractivity (Wildman–Crippen MR) is 83.4 cm³/mol. The second-order valence-corrected chi connectivity index (χ2v) is 9.75. The highest BCUT2D eigenvalue weighted by molar-refractivity contribution is 6.54. The van der Waals surface area contributed by atoms with Crippen LogP contribution in [0.3, 0.4) is 0 Å². The van der Waals surface area contributed by atoms with Gasteiger partial charge in [-0.15, -0.1) is 92.8 Å². The third kappa shape index (κ3) is 1.80. The van der Waals surface area contributed by atoms with Crippen LogP contribution in [0.2, 0.25) is 0 Å². The first-order chi connectivity index (χ1) is 8.11. The fourth-order valence-corrected chi connectivity index (χ4v) is 7.93. The van der Waals surface area contributed by atoms with Crippen LogP contribution in [0.25, 0.3) is 0 Å². The lowest BCUT2D eigenvalue weighted by Gasteiger charge is -2.47. The molecule has 106 valence electrons. The van der Waals surface area contributed by atoms with Crippen LogP contribution in [0, 0.1) is 16.7 Å². The molecule has 0 aromatic carbocycles. The lowest BCUT2D eigenvalue weighted by atomic mass is 9.70. The average Bonchev–Trinajstić information content (AvgIpc) is 2.57. The summed E-state index contributed by atoms with van der Waals surface area (Å²) < 4.78 is -2.15. The predicted octanol–water partition coefficient (Wildman–Crippen LogP) is 6.01. The van der Waals surface area contributed by atoms with E-state index in [4.69, 9.17) is 92.8 Å². The molecule has 0 amide bonds. The number of hydrogen-bond acceptors (Lipinski definition) is 0. The number of alkyl halides is 8. The van der Waals surface area contributed by atoms with Crippen molar-refractivity contribution < 1.29 is 0 Å². The maximum absolute atomic E-state index is 6.45. The van der Waals surface area contributed by atoms with Gasteiger partial charge in [-0.2, -0.15) is 0 Å². The zero-order valence-electron chi connectivity index (χ0n) is 9.01. The van der Waals surface area contributed by atoms with E-state index in [-0.39, 0.29) is 24.1 Å². The first kappa shape index (κ1) is 16.7. The first-order valence-electron chi connectivity index (χ1n) is 5.27. The molecule has 0 N–H and O–H groups in total. The normalized spacial score (nSPS) is 39.5. The minimum atomic E-state index is -1.14. The van der Waals surface area contributed by atoms with Crippen molar-refractivity contribution in [3.8, 4) is 0 Å². The average molecular weight is 414 g/mol. The molecule has 18 heavy (non-hydrogen) atoms. The van der Waals surface area contributed by atoms with Gasteiger partial charge < -0.3 is 0 Å². The van der Waals surface area contributed by atoms with Gasteiger partial charge in [0.15, 0.2) is 0 Å². The molecule has 0 unspecified atom stereocenters. The monoisotopic (exact) mass is 410 g/mol. The van der Waals surface area contributed by atoms with Crippen molar-refractivity contribution in [1.29, 1.82) is 0 Å². The Bertz CT molecular complexity index is 348. The van der Waals surface area contributed by atoms with Crippen LogP contribution in [0.4, 0.5) is 0 Å². The molecule has 2 rings (SSSR count). The molecule has 8 heteroatoms. The van der Waals surface area contributed by atoms with E-state index < -0.39 is 24.3 Å². The van der Waals surface area contributed by atoms with Crippen molar-refractivity contribution in [1.82, 2.24) is 0 Å². The summed E-state index contributed by atoms with van der Waals surface area (Å²) in [6.07, 6.45) is 0.649. The summed E-state index contributed by atoms with van der Waals surface area (Å²) in [4.78, 5) is -0.852. The van der Waals surface area contributed by atoms with Crippen LogP contribution in [0.15, 0.2) is 0 Å². The quantitative estimate of drug-likeness (QED) is 0.497. The van der Waals surface area contributed by atoms with E-state index in [1.165, 1.54) is 0 Å². The van der Waals surface area contributed by atoms with Crippen molar-refractivity contribution in [2.75, 3.05) is 11.8 Å². The Labute approximate surface area is 146 Å². The highest BCUT2D eigenvalue weighted by atomic mass is 35.5. The zero-order valence-corrected chi connectivity index (χ0v) is 15.1. The summed E-state index contributed by atoms with van der Waals surface area (Å²) in [7, 11) is 0. The van der Waals surface area contributed by atoms with E-state index in [0.29, 0.717) is 6.42 Å². The maximum atomic E-state index is 6.45. The second-order valence-electron chi connectivity index (χ2n) is 5.09. The molecule has 0 aromatic heterocycles. The van der Waals surface area contributed by atoms with E-state index in [9.17, 15) is 0 Å². The van der Waals surface area contributed by atoms with E-state index in [1.807, 2.05) is 0 Å². The Kier molecular flexibility index (Phi) is 4.56. The molecule has 0 heterocycles. The van der Waals surface area contributed by atoms with Crippen LogP contribution < -0.4 is 0 Å². The summed E-state index contributed by atoms with van der Waals surface area (Å²) in [5.74, 6) is 0.178. The molecular formula is C10H10Cl8. The van der Waals surface area contributed by atoms with Gasteiger partial charge in [0.25, 0.3) is 0 Å². The lowest BCUT2D eigenvalue weighted by Crippen LogP contribution is -2.51. The van der Waals surface area contributed by atoms with Crippen LogP contribution in [-0.4, -0.2) is 25.3 Å². The molecule has 2 atom stereocenters. The van der Waals surface area contributed by atoms with E-state index in [0.717, 1.165) is 0 Å². The molecule has 0 saturated heterocycles. The Morgan fingerprint density at radius 1 is 1.00 bits per heavy atom. The molecule has 0 aromatic rings. The molecule has 0 nitrogen and oxygen atoms in total. The number of halogens is 8. The highest BCUT2D eigenvalue weighted by Gasteiger charge is 2.81. The number of hydrogen-bond donors (Lipinski definition) is 0. The van der Waals surface area contributed by atoms with Gasteiger partial charge in [-0.3, -0.25) is 0 Å². The van der Waals surface area contributed by atoms with Gasteiger partial charge in [-0.1, -0.05) is 0 Å². The van der Waals surface area contributed by atoms with Crippen LogP contribution >= 0.6 is 92.8 Å². The lowest BCUT2D eigenvalue weighted by molar-refractivity contribution is 0.145. The molecule has 2 saturated carbocycles. The van der Waals surface area contributed by atoms with Crippen LogP contribution in [0.5, 0.6) is 0 Å². The largest absolute Gasteiger partial charge is 0.127 e. The summed E-state index contributed by atoms with van der Waals surface area (Å²) in [6.45, 7) is 0. The molecule has 2 fully saturated rings. The standard InChI is InChI=1S/C10H10Cl8/c11-3-7(4-12)5-1-10(17,18)8(7,6(13)14)2-9(5,15)16/h5-6H,1-4H2/t5-,8+/m0/s1. The summed E-state index contributed by atoms with van der Waals surface area (Å²) in [6, 6.07) is 0. The zero-order chi connectivity index (χ0) is 14.0. The summed E-state index contributed by atoms with van der Waals surface area (Å²) in [5.41, 5.74) is -1.58. The smallest absolute Gasteiger partial charge is 0.126 e. The van der Waals surface area contributed by atoms with E-state index in [1.54, 1.807) is 0 Å². The topological polar surface area (TPSA) is 0 Å². The molecule has 0 aliphatic heterocycles. The van der Waals surface area contributed by atoms with Crippen molar-refractivity contribution in [3.63, 3.8) is 0 Å². The van der Waals surface area contributed by atoms with Crippen LogP contribution in [0.1, 0.15) is 12.8 Å². The van der Waals surface area contributed by atoms with Gasteiger partial charge in [-0.05, 0) is 12.8 Å². The Morgan fingerprint density at radius 2 is 1.50 bits per heavy atom. The summed E-state index contributed by atoms with van der Waals surface area (Å²) >= 11 is 50.3. The third-order valence-electron chi connectivity index (χ3n) is 4.54. The minimum absolute atomic E-state index is 0.208. The van der Waals surface area contributed by atoms with E-state index >= 15 is 0 Å².